The molecule has 0 radical (unpaired) electrons. The molecule has 0 aliphatic heterocycles. The molecule has 1 heteroatoms. The van der Waals surface area contributed by atoms with E-state index in [0.717, 1.165) is 30.8 Å². The fraction of sp³-hybridized carbons (Fsp3) is 0.895. The maximum atomic E-state index is 5.92. The highest BCUT2D eigenvalue weighted by Crippen LogP contribution is 2.41. The molecule has 0 aromatic carbocycles. The van der Waals surface area contributed by atoms with Crippen LogP contribution in [-0.4, -0.2) is 12.7 Å². The quantitative estimate of drug-likeness (QED) is 0.539. The van der Waals surface area contributed by atoms with Gasteiger partial charge < -0.3 is 4.74 Å². The van der Waals surface area contributed by atoms with Gasteiger partial charge in [-0.1, -0.05) is 25.8 Å². The Balaban J connectivity index is 1.64. The Kier molecular flexibility index (Phi) is 7.13. The first-order valence-corrected chi connectivity index (χ1v) is 9.06. The van der Waals surface area contributed by atoms with Crippen LogP contribution in [0.2, 0.25) is 0 Å². The summed E-state index contributed by atoms with van der Waals surface area (Å²) in [7, 11) is 0. The molecule has 0 heterocycles. The van der Waals surface area contributed by atoms with Crippen LogP contribution >= 0.6 is 0 Å². The van der Waals surface area contributed by atoms with Crippen molar-refractivity contribution >= 4 is 0 Å². The minimum Gasteiger partial charge on any atom is -0.378 e. The van der Waals surface area contributed by atoms with Crippen molar-refractivity contribution in [3.63, 3.8) is 0 Å². The molecule has 0 aromatic heterocycles. The van der Waals surface area contributed by atoms with Crippen LogP contribution in [0.25, 0.3) is 0 Å². The first-order valence-electron chi connectivity index (χ1n) is 9.06. The molecule has 0 spiro atoms. The van der Waals surface area contributed by atoms with Gasteiger partial charge in [-0.3, -0.25) is 0 Å². The van der Waals surface area contributed by atoms with E-state index in [9.17, 15) is 0 Å². The summed E-state index contributed by atoms with van der Waals surface area (Å²) in [6.07, 6.45) is 17.9. The van der Waals surface area contributed by atoms with Crippen molar-refractivity contribution in [1.29, 1.82) is 0 Å². The number of ether oxygens (including phenoxy) is 1. The molecule has 2 aliphatic rings. The van der Waals surface area contributed by atoms with Crippen LogP contribution < -0.4 is 0 Å². The average molecular weight is 278 g/mol. The largest absolute Gasteiger partial charge is 0.378 e. The zero-order valence-electron chi connectivity index (χ0n) is 13.5. The van der Waals surface area contributed by atoms with E-state index in [1.807, 2.05) is 0 Å². The summed E-state index contributed by atoms with van der Waals surface area (Å²) in [4.78, 5) is 0. The van der Waals surface area contributed by atoms with E-state index in [0.29, 0.717) is 6.10 Å². The van der Waals surface area contributed by atoms with Crippen molar-refractivity contribution in [2.45, 2.75) is 83.7 Å². The average Bonchev–Trinajstić information content (AvgIpc) is 2.52. The third-order valence-electron chi connectivity index (χ3n) is 5.61. The minimum atomic E-state index is 0.579. The van der Waals surface area contributed by atoms with Gasteiger partial charge in [0.2, 0.25) is 0 Å². The summed E-state index contributed by atoms with van der Waals surface area (Å²) in [6.45, 7) is 7.02. The van der Waals surface area contributed by atoms with Crippen LogP contribution in [0, 0.1) is 17.8 Å². The van der Waals surface area contributed by atoms with Gasteiger partial charge in [-0.15, -0.1) is 6.58 Å². The lowest BCUT2D eigenvalue weighted by molar-refractivity contribution is 0.00731. The first-order chi connectivity index (χ1) is 9.83. The van der Waals surface area contributed by atoms with E-state index >= 15 is 0 Å². The van der Waals surface area contributed by atoms with Crippen molar-refractivity contribution in [3.8, 4) is 0 Å². The van der Waals surface area contributed by atoms with Gasteiger partial charge in [0.15, 0.2) is 0 Å². The van der Waals surface area contributed by atoms with E-state index in [-0.39, 0.29) is 0 Å². The Hall–Kier alpha value is -0.300. The van der Waals surface area contributed by atoms with Gasteiger partial charge in [0.25, 0.3) is 0 Å². The zero-order chi connectivity index (χ0) is 14.2. The highest BCUT2D eigenvalue weighted by atomic mass is 16.5. The maximum Gasteiger partial charge on any atom is 0.0575 e. The highest BCUT2D eigenvalue weighted by Gasteiger charge is 2.30. The lowest BCUT2D eigenvalue weighted by atomic mass is 9.70. The Morgan fingerprint density at radius 3 is 2.10 bits per heavy atom. The van der Waals surface area contributed by atoms with Crippen LogP contribution in [-0.2, 0) is 4.74 Å². The Labute approximate surface area is 126 Å². The molecule has 0 bridgehead atoms. The summed E-state index contributed by atoms with van der Waals surface area (Å²) >= 11 is 0. The number of allylic oxidation sites excluding steroid dienone is 1. The lowest BCUT2D eigenvalue weighted by Gasteiger charge is -2.37. The van der Waals surface area contributed by atoms with Gasteiger partial charge >= 0.3 is 0 Å². The molecule has 0 atom stereocenters. The topological polar surface area (TPSA) is 9.23 Å². The third-order valence-corrected chi connectivity index (χ3v) is 5.61. The molecule has 0 N–H and O–H groups in total. The summed E-state index contributed by atoms with van der Waals surface area (Å²) in [5, 5.41) is 0. The summed E-state index contributed by atoms with van der Waals surface area (Å²) in [5.41, 5.74) is 0. The van der Waals surface area contributed by atoms with E-state index in [4.69, 9.17) is 4.74 Å². The van der Waals surface area contributed by atoms with Gasteiger partial charge in [-0.2, -0.15) is 0 Å². The minimum absolute atomic E-state index is 0.579. The fourth-order valence-corrected chi connectivity index (χ4v) is 4.31. The molecule has 116 valence electrons. The fourth-order valence-electron chi connectivity index (χ4n) is 4.31. The Morgan fingerprint density at radius 2 is 1.55 bits per heavy atom. The van der Waals surface area contributed by atoms with Crippen molar-refractivity contribution in [1.82, 2.24) is 0 Å². The summed E-state index contributed by atoms with van der Waals surface area (Å²) in [5.74, 6) is 3.03. The molecule has 20 heavy (non-hydrogen) atoms. The molecule has 0 saturated heterocycles. The number of hydrogen-bond acceptors (Lipinski definition) is 1. The van der Waals surface area contributed by atoms with Crippen molar-refractivity contribution in [3.05, 3.63) is 12.7 Å². The molecule has 0 amide bonds. The van der Waals surface area contributed by atoms with Crippen LogP contribution in [0.5, 0.6) is 0 Å². The van der Waals surface area contributed by atoms with E-state index in [2.05, 4.69) is 19.6 Å². The SMILES string of the molecule is C=CCC[C@H]1CC[C@H](C2CCC(OCCC)CC2)CC1. The van der Waals surface area contributed by atoms with Gasteiger partial charge in [0.1, 0.15) is 0 Å². The van der Waals surface area contributed by atoms with Crippen molar-refractivity contribution in [2.24, 2.45) is 17.8 Å². The third kappa shape index (κ3) is 4.91. The second-order valence-electron chi connectivity index (χ2n) is 7.05. The van der Waals surface area contributed by atoms with Crippen LogP contribution in [0.3, 0.4) is 0 Å². The summed E-state index contributed by atoms with van der Waals surface area (Å²) in [6, 6.07) is 0. The monoisotopic (exact) mass is 278 g/mol. The number of hydrogen-bond donors (Lipinski definition) is 0. The Bertz CT molecular complexity index is 257. The molecular weight excluding hydrogens is 244 g/mol. The standard InChI is InChI=1S/C19H34O/c1-3-5-6-16-7-9-17(10-8-16)18-11-13-19(14-12-18)20-15-4-2/h3,16-19H,1,4-15H2,2H3/t16-,17-,18?,19?. The van der Waals surface area contributed by atoms with Gasteiger partial charge in [0.05, 0.1) is 6.10 Å². The predicted molar refractivity (Wildman–Crippen MR) is 86.9 cm³/mol. The Morgan fingerprint density at radius 1 is 0.950 bits per heavy atom. The summed E-state index contributed by atoms with van der Waals surface area (Å²) < 4.78 is 5.92. The van der Waals surface area contributed by atoms with E-state index in [1.165, 1.54) is 64.2 Å². The van der Waals surface area contributed by atoms with Crippen LogP contribution in [0.1, 0.15) is 77.6 Å². The second-order valence-corrected chi connectivity index (χ2v) is 7.05. The van der Waals surface area contributed by atoms with E-state index in [1.54, 1.807) is 0 Å². The molecule has 0 unspecified atom stereocenters. The van der Waals surface area contributed by atoms with Gasteiger partial charge in [-0.05, 0) is 75.5 Å². The first kappa shape index (κ1) is 16.1. The van der Waals surface area contributed by atoms with Crippen LogP contribution in [0.15, 0.2) is 12.7 Å². The predicted octanol–water partition coefficient (Wildman–Crippen LogP) is 5.74. The molecular formula is C19H34O. The molecule has 2 fully saturated rings. The molecule has 0 aromatic rings. The maximum absolute atomic E-state index is 5.92. The molecule has 2 saturated carbocycles. The van der Waals surface area contributed by atoms with Crippen LogP contribution in [0.4, 0.5) is 0 Å². The normalized spacial score (nSPS) is 34.9. The molecule has 1 nitrogen and oxygen atoms in total. The van der Waals surface area contributed by atoms with Crippen molar-refractivity contribution < 1.29 is 4.74 Å². The van der Waals surface area contributed by atoms with Crippen molar-refractivity contribution in [2.75, 3.05) is 6.61 Å². The molecule has 2 rings (SSSR count). The van der Waals surface area contributed by atoms with Gasteiger partial charge in [-0.25, -0.2) is 0 Å². The lowest BCUT2D eigenvalue weighted by Crippen LogP contribution is -2.28. The molecule has 2 aliphatic carbocycles. The van der Waals surface area contributed by atoms with E-state index < -0.39 is 0 Å². The zero-order valence-corrected chi connectivity index (χ0v) is 13.5. The second kappa shape index (κ2) is 8.87. The smallest absolute Gasteiger partial charge is 0.0575 e. The highest BCUT2D eigenvalue weighted by molar-refractivity contribution is 4.83. The number of rotatable bonds is 7. The van der Waals surface area contributed by atoms with Gasteiger partial charge in [0, 0.05) is 6.61 Å².